The van der Waals surface area contributed by atoms with E-state index >= 15 is 0 Å². The second kappa shape index (κ2) is 8.08. The van der Waals surface area contributed by atoms with Gasteiger partial charge in [0.05, 0.1) is 6.54 Å². The van der Waals surface area contributed by atoms with Crippen molar-refractivity contribution in [3.8, 4) is 11.3 Å². The molecule has 24 heavy (non-hydrogen) atoms. The molecule has 0 saturated heterocycles. The molecule has 4 nitrogen and oxygen atoms in total. The van der Waals surface area contributed by atoms with Gasteiger partial charge in [0, 0.05) is 17.1 Å². The van der Waals surface area contributed by atoms with Crippen LogP contribution >= 0.6 is 11.6 Å². The smallest absolute Gasteiger partial charge is 0.117 e. The molecule has 1 heterocycles. The summed E-state index contributed by atoms with van der Waals surface area (Å²) in [6.45, 7) is 4.44. The van der Waals surface area contributed by atoms with Crippen LogP contribution in [0.15, 0.2) is 54.6 Å². The standard InChI is InChI=1S/C19H21ClN4/c1-2-11-21-13-18-19(16-8-4-3-5-9-16)23-24(22-18)14-15-7-6-10-17(20)12-15/h3-10,12,21H,2,11,13-14H2,1H3. The van der Waals surface area contributed by atoms with Crippen LogP contribution in [0.2, 0.25) is 5.02 Å². The highest BCUT2D eigenvalue weighted by molar-refractivity contribution is 6.30. The molecule has 5 heteroatoms. The molecule has 3 aromatic rings. The Bertz CT molecular complexity index is 783. The Morgan fingerprint density at radius 3 is 2.62 bits per heavy atom. The molecule has 2 aromatic carbocycles. The molecule has 0 bridgehead atoms. The van der Waals surface area contributed by atoms with Crippen LogP contribution in [0.1, 0.15) is 24.6 Å². The molecule has 0 aliphatic carbocycles. The highest BCUT2D eigenvalue weighted by Gasteiger charge is 2.13. The molecular formula is C19H21ClN4. The van der Waals surface area contributed by atoms with Crippen molar-refractivity contribution < 1.29 is 0 Å². The molecule has 0 aliphatic heterocycles. The number of hydrogen-bond acceptors (Lipinski definition) is 3. The summed E-state index contributed by atoms with van der Waals surface area (Å²) in [4.78, 5) is 1.75. The van der Waals surface area contributed by atoms with Crippen LogP contribution in [0.4, 0.5) is 0 Å². The molecule has 3 rings (SSSR count). The summed E-state index contributed by atoms with van der Waals surface area (Å²) >= 11 is 6.07. The van der Waals surface area contributed by atoms with Gasteiger partial charge in [0.25, 0.3) is 0 Å². The van der Waals surface area contributed by atoms with E-state index < -0.39 is 0 Å². The summed E-state index contributed by atoms with van der Waals surface area (Å²) in [5.74, 6) is 0. The minimum Gasteiger partial charge on any atom is -0.311 e. The van der Waals surface area contributed by atoms with Crippen LogP contribution < -0.4 is 5.32 Å². The lowest BCUT2D eigenvalue weighted by Gasteiger charge is -2.02. The van der Waals surface area contributed by atoms with E-state index in [4.69, 9.17) is 16.7 Å². The SMILES string of the molecule is CCCNCc1nn(Cc2cccc(Cl)c2)nc1-c1ccccc1. The number of aromatic nitrogens is 3. The maximum atomic E-state index is 6.07. The second-order valence-corrected chi connectivity index (χ2v) is 6.13. The highest BCUT2D eigenvalue weighted by Crippen LogP contribution is 2.20. The van der Waals surface area contributed by atoms with Crippen molar-refractivity contribution in [2.45, 2.75) is 26.4 Å². The minimum absolute atomic E-state index is 0.605. The first kappa shape index (κ1) is 16.7. The van der Waals surface area contributed by atoms with Gasteiger partial charge in [-0.25, -0.2) is 0 Å². The third-order valence-corrected chi connectivity index (χ3v) is 3.94. The molecule has 0 saturated carbocycles. The zero-order valence-corrected chi connectivity index (χ0v) is 14.5. The van der Waals surface area contributed by atoms with Gasteiger partial charge in [-0.05, 0) is 30.7 Å². The molecule has 0 aliphatic rings. The van der Waals surface area contributed by atoms with E-state index in [1.807, 2.05) is 42.5 Å². The van der Waals surface area contributed by atoms with Crippen molar-refractivity contribution >= 4 is 11.6 Å². The molecule has 0 atom stereocenters. The number of benzene rings is 2. The van der Waals surface area contributed by atoms with E-state index in [2.05, 4.69) is 29.5 Å². The van der Waals surface area contributed by atoms with Gasteiger partial charge < -0.3 is 5.32 Å². The first-order valence-corrected chi connectivity index (χ1v) is 8.58. The Hall–Kier alpha value is -2.17. The van der Waals surface area contributed by atoms with Crippen LogP contribution in [0.3, 0.4) is 0 Å². The molecule has 124 valence electrons. The van der Waals surface area contributed by atoms with Gasteiger partial charge in [0.2, 0.25) is 0 Å². The van der Waals surface area contributed by atoms with Crippen molar-refractivity contribution in [3.05, 3.63) is 70.9 Å². The van der Waals surface area contributed by atoms with Gasteiger partial charge in [0.15, 0.2) is 0 Å². The molecular weight excluding hydrogens is 320 g/mol. The summed E-state index contributed by atoms with van der Waals surface area (Å²) in [6, 6.07) is 18.0. The van der Waals surface area contributed by atoms with E-state index in [0.717, 1.165) is 40.5 Å². The van der Waals surface area contributed by atoms with Crippen LogP contribution in [0.25, 0.3) is 11.3 Å². The Labute approximate surface area is 147 Å². The van der Waals surface area contributed by atoms with Crippen LogP contribution in [-0.4, -0.2) is 21.5 Å². The number of nitrogens with zero attached hydrogens (tertiary/aromatic N) is 3. The van der Waals surface area contributed by atoms with E-state index in [0.29, 0.717) is 13.1 Å². The molecule has 0 fully saturated rings. The predicted octanol–water partition coefficient (Wildman–Crippen LogP) is 4.15. The van der Waals surface area contributed by atoms with Crippen LogP contribution in [-0.2, 0) is 13.1 Å². The van der Waals surface area contributed by atoms with E-state index in [1.54, 1.807) is 4.80 Å². The topological polar surface area (TPSA) is 42.7 Å². The fourth-order valence-corrected chi connectivity index (χ4v) is 2.79. The Kier molecular flexibility index (Phi) is 5.62. The van der Waals surface area contributed by atoms with Crippen LogP contribution in [0, 0.1) is 0 Å². The monoisotopic (exact) mass is 340 g/mol. The fourth-order valence-electron chi connectivity index (χ4n) is 2.57. The molecule has 0 radical (unpaired) electrons. The molecule has 0 spiro atoms. The summed E-state index contributed by atoms with van der Waals surface area (Å²) in [5.41, 5.74) is 4.08. The van der Waals surface area contributed by atoms with Gasteiger partial charge in [-0.3, -0.25) is 0 Å². The summed E-state index contributed by atoms with van der Waals surface area (Å²) < 4.78 is 0. The van der Waals surface area contributed by atoms with Gasteiger partial charge in [-0.2, -0.15) is 15.0 Å². The van der Waals surface area contributed by atoms with Crippen molar-refractivity contribution in [1.82, 2.24) is 20.3 Å². The van der Waals surface area contributed by atoms with Crippen LogP contribution in [0.5, 0.6) is 0 Å². The molecule has 1 aromatic heterocycles. The second-order valence-electron chi connectivity index (χ2n) is 5.70. The minimum atomic E-state index is 0.605. The van der Waals surface area contributed by atoms with E-state index in [-0.39, 0.29) is 0 Å². The zero-order chi connectivity index (χ0) is 16.8. The van der Waals surface area contributed by atoms with E-state index in [1.165, 1.54) is 0 Å². The highest BCUT2D eigenvalue weighted by atomic mass is 35.5. The number of halogens is 1. The van der Waals surface area contributed by atoms with Crippen molar-refractivity contribution in [2.24, 2.45) is 0 Å². The number of rotatable bonds is 7. The first-order valence-electron chi connectivity index (χ1n) is 8.21. The lowest BCUT2D eigenvalue weighted by molar-refractivity contribution is 0.576. The van der Waals surface area contributed by atoms with Crippen molar-refractivity contribution in [3.63, 3.8) is 0 Å². The lowest BCUT2D eigenvalue weighted by Crippen LogP contribution is -2.15. The third kappa shape index (κ3) is 4.22. The zero-order valence-electron chi connectivity index (χ0n) is 13.7. The molecule has 0 unspecified atom stereocenters. The maximum absolute atomic E-state index is 6.07. The normalized spacial score (nSPS) is 10.9. The maximum Gasteiger partial charge on any atom is 0.117 e. The average Bonchev–Trinajstić information content (AvgIpc) is 2.99. The number of hydrogen-bond donors (Lipinski definition) is 1. The Morgan fingerprint density at radius 2 is 1.88 bits per heavy atom. The summed E-state index contributed by atoms with van der Waals surface area (Å²) in [5, 5.41) is 13.5. The Morgan fingerprint density at radius 1 is 1.04 bits per heavy atom. The summed E-state index contributed by atoms with van der Waals surface area (Å²) in [7, 11) is 0. The van der Waals surface area contributed by atoms with Crippen molar-refractivity contribution in [2.75, 3.05) is 6.54 Å². The van der Waals surface area contributed by atoms with Gasteiger partial charge in [-0.1, -0.05) is 61.0 Å². The quantitative estimate of drug-likeness (QED) is 0.657. The van der Waals surface area contributed by atoms with E-state index in [9.17, 15) is 0 Å². The fraction of sp³-hybridized carbons (Fsp3) is 0.263. The van der Waals surface area contributed by atoms with Gasteiger partial charge in [0.1, 0.15) is 11.4 Å². The van der Waals surface area contributed by atoms with Crippen molar-refractivity contribution in [1.29, 1.82) is 0 Å². The van der Waals surface area contributed by atoms with Gasteiger partial charge in [-0.15, -0.1) is 0 Å². The largest absolute Gasteiger partial charge is 0.311 e. The predicted molar refractivity (Wildman–Crippen MR) is 98.0 cm³/mol. The first-order chi connectivity index (χ1) is 11.8. The third-order valence-electron chi connectivity index (χ3n) is 3.70. The Balaban J connectivity index is 1.87. The lowest BCUT2D eigenvalue weighted by atomic mass is 10.1. The average molecular weight is 341 g/mol. The molecule has 1 N–H and O–H groups in total. The van der Waals surface area contributed by atoms with Gasteiger partial charge >= 0.3 is 0 Å². The molecule has 0 amide bonds. The number of nitrogens with one attached hydrogen (secondary N) is 1. The summed E-state index contributed by atoms with van der Waals surface area (Å²) in [6.07, 6.45) is 1.09.